The summed E-state index contributed by atoms with van der Waals surface area (Å²) in [6.07, 6.45) is 0.319. The SMILES string of the molecule is CC(CO)C(C)NC(=O)CCC(=O)c1ccc(Cl)s1. The van der Waals surface area contributed by atoms with E-state index in [-0.39, 0.29) is 43.1 Å². The molecule has 1 aromatic rings. The first-order chi connectivity index (χ1) is 8.93. The molecule has 1 heterocycles. The van der Waals surface area contributed by atoms with E-state index < -0.39 is 0 Å². The maximum Gasteiger partial charge on any atom is 0.220 e. The van der Waals surface area contributed by atoms with Gasteiger partial charge in [-0.25, -0.2) is 0 Å². The second kappa shape index (κ2) is 7.62. The molecule has 0 aliphatic rings. The van der Waals surface area contributed by atoms with Crippen LogP contribution >= 0.6 is 22.9 Å². The van der Waals surface area contributed by atoms with Crippen molar-refractivity contribution in [2.75, 3.05) is 6.61 Å². The van der Waals surface area contributed by atoms with Gasteiger partial charge in [0.05, 0.1) is 9.21 Å². The molecule has 2 atom stereocenters. The van der Waals surface area contributed by atoms with Gasteiger partial charge in [0.25, 0.3) is 0 Å². The van der Waals surface area contributed by atoms with Gasteiger partial charge in [0, 0.05) is 25.5 Å². The van der Waals surface area contributed by atoms with Gasteiger partial charge in [0.1, 0.15) is 0 Å². The van der Waals surface area contributed by atoms with Gasteiger partial charge in [0.15, 0.2) is 5.78 Å². The van der Waals surface area contributed by atoms with E-state index in [9.17, 15) is 9.59 Å². The lowest BCUT2D eigenvalue weighted by Gasteiger charge is -2.19. The van der Waals surface area contributed by atoms with Gasteiger partial charge in [-0.3, -0.25) is 9.59 Å². The van der Waals surface area contributed by atoms with Crippen LogP contribution in [0.2, 0.25) is 4.34 Å². The predicted octanol–water partition coefficient (Wildman–Crippen LogP) is 2.50. The lowest BCUT2D eigenvalue weighted by atomic mass is 10.0. The zero-order valence-electron chi connectivity index (χ0n) is 11.0. The number of aliphatic hydroxyl groups excluding tert-OH is 1. The highest BCUT2D eigenvalue weighted by Gasteiger charge is 2.15. The van der Waals surface area contributed by atoms with Crippen molar-refractivity contribution in [1.29, 1.82) is 0 Å². The van der Waals surface area contributed by atoms with Gasteiger partial charge >= 0.3 is 0 Å². The van der Waals surface area contributed by atoms with Crippen LogP contribution in [0.4, 0.5) is 0 Å². The first-order valence-electron chi connectivity index (χ1n) is 6.12. The Morgan fingerprint density at radius 2 is 2.05 bits per heavy atom. The number of Topliss-reactive ketones (excluding diaryl/α,β-unsaturated/α-hetero) is 1. The molecule has 0 aliphatic heterocycles. The average molecular weight is 304 g/mol. The maximum absolute atomic E-state index is 11.8. The van der Waals surface area contributed by atoms with Gasteiger partial charge < -0.3 is 10.4 Å². The quantitative estimate of drug-likeness (QED) is 0.761. The van der Waals surface area contributed by atoms with Crippen LogP contribution in [-0.4, -0.2) is 29.4 Å². The highest BCUT2D eigenvalue weighted by atomic mass is 35.5. The fraction of sp³-hybridized carbons (Fsp3) is 0.538. The van der Waals surface area contributed by atoms with E-state index >= 15 is 0 Å². The first kappa shape index (κ1) is 16.1. The summed E-state index contributed by atoms with van der Waals surface area (Å²) in [6.45, 7) is 3.71. The van der Waals surface area contributed by atoms with Crippen LogP contribution in [0.15, 0.2) is 12.1 Å². The molecule has 2 unspecified atom stereocenters. The van der Waals surface area contributed by atoms with Crippen molar-refractivity contribution in [3.05, 3.63) is 21.3 Å². The van der Waals surface area contributed by atoms with Crippen molar-refractivity contribution in [1.82, 2.24) is 5.32 Å². The molecule has 0 fully saturated rings. The van der Waals surface area contributed by atoms with E-state index in [4.69, 9.17) is 16.7 Å². The van der Waals surface area contributed by atoms with Crippen LogP contribution in [0.3, 0.4) is 0 Å². The fourth-order valence-electron chi connectivity index (χ4n) is 1.44. The van der Waals surface area contributed by atoms with Crippen LogP contribution < -0.4 is 5.32 Å². The fourth-order valence-corrected chi connectivity index (χ4v) is 2.45. The molecular weight excluding hydrogens is 286 g/mol. The monoisotopic (exact) mass is 303 g/mol. The summed E-state index contributed by atoms with van der Waals surface area (Å²) in [4.78, 5) is 24.0. The molecule has 0 aromatic carbocycles. The molecule has 0 spiro atoms. The van der Waals surface area contributed by atoms with E-state index in [0.717, 1.165) is 0 Å². The van der Waals surface area contributed by atoms with E-state index in [1.165, 1.54) is 11.3 Å². The molecule has 6 heteroatoms. The van der Waals surface area contributed by atoms with Crippen molar-refractivity contribution in [2.24, 2.45) is 5.92 Å². The number of rotatable bonds is 7. The van der Waals surface area contributed by atoms with Crippen molar-refractivity contribution >= 4 is 34.6 Å². The van der Waals surface area contributed by atoms with Gasteiger partial charge in [0.2, 0.25) is 5.91 Å². The molecule has 0 radical (unpaired) electrons. The largest absolute Gasteiger partial charge is 0.396 e. The summed E-state index contributed by atoms with van der Waals surface area (Å²) in [5, 5.41) is 11.7. The number of hydrogen-bond donors (Lipinski definition) is 2. The Morgan fingerprint density at radius 3 is 2.58 bits per heavy atom. The number of thiophene rings is 1. The molecule has 2 N–H and O–H groups in total. The molecule has 19 heavy (non-hydrogen) atoms. The molecule has 1 rings (SSSR count). The summed E-state index contributed by atoms with van der Waals surface area (Å²) in [5.41, 5.74) is 0. The second-order valence-corrected chi connectivity index (χ2v) is 6.26. The lowest BCUT2D eigenvalue weighted by Crippen LogP contribution is -2.38. The zero-order valence-corrected chi connectivity index (χ0v) is 12.6. The van der Waals surface area contributed by atoms with E-state index in [1.54, 1.807) is 12.1 Å². The maximum atomic E-state index is 11.8. The van der Waals surface area contributed by atoms with E-state index in [2.05, 4.69) is 5.32 Å². The van der Waals surface area contributed by atoms with Crippen molar-refractivity contribution in [3.63, 3.8) is 0 Å². The third kappa shape index (κ3) is 5.30. The summed E-state index contributed by atoms with van der Waals surface area (Å²) in [5.74, 6) is -0.255. The van der Waals surface area contributed by atoms with Gasteiger partial charge in [-0.1, -0.05) is 18.5 Å². The summed E-state index contributed by atoms with van der Waals surface area (Å²) in [6, 6.07) is 3.23. The highest BCUT2D eigenvalue weighted by Crippen LogP contribution is 2.22. The minimum absolute atomic E-state index is 0.00393. The topological polar surface area (TPSA) is 66.4 Å². The minimum atomic E-state index is -0.177. The number of ketones is 1. The Bertz CT molecular complexity index is 447. The first-order valence-corrected chi connectivity index (χ1v) is 7.32. The third-order valence-electron chi connectivity index (χ3n) is 2.96. The summed E-state index contributed by atoms with van der Waals surface area (Å²) < 4.78 is 0.568. The number of aliphatic hydroxyl groups is 1. The number of nitrogens with one attached hydrogen (secondary N) is 1. The second-order valence-electron chi connectivity index (χ2n) is 4.54. The van der Waals surface area contributed by atoms with Gasteiger partial charge in [-0.15, -0.1) is 11.3 Å². The van der Waals surface area contributed by atoms with Gasteiger partial charge in [-0.05, 0) is 25.0 Å². The van der Waals surface area contributed by atoms with Crippen LogP contribution in [0, 0.1) is 5.92 Å². The molecule has 0 aliphatic carbocycles. The van der Waals surface area contributed by atoms with Crippen LogP contribution in [0.1, 0.15) is 36.4 Å². The average Bonchev–Trinajstić information content (AvgIpc) is 2.81. The van der Waals surface area contributed by atoms with Crippen LogP contribution in [0.25, 0.3) is 0 Å². The predicted molar refractivity (Wildman–Crippen MR) is 76.7 cm³/mol. The standard InChI is InChI=1S/C13H18ClNO3S/c1-8(7-16)9(2)15-13(18)6-3-10(17)11-4-5-12(14)19-11/h4-5,8-9,16H,3,6-7H2,1-2H3,(H,15,18). The summed E-state index contributed by atoms with van der Waals surface area (Å²) >= 11 is 6.97. The molecule has 0 bridgehead atoms. The van der Waals surface area contributed by atoms with Crippen molar-refractivity contribution in [2.45, 2.75) is 32.7 Å². The van der Waals surface area contributed by atoms with Crippen molar-refractivity contribution in [3.8, 4) is 0 Å². The third-order valence-corrected chi connectivity index (χ3v) is 4.23. The number of carbonyl (C=O) groups excluding carboxylic acids is 2. The van der Waals surface area contributed by atoms with Gasteiger partial charge in [-0.2, -0.15) is 0 Å². The van der Waals surface area contributed by atoms with E-state index in [0.29, 0.717) is 9.21 Å². The summed E-state index contributed by atoms with van der Waals surface area (Å²) in [7, 11) is 0. The molecule has 0 saturated carbocycles. The Balaban J connectivity index is 2.36. The van der Waals surface area contributed by atoms with Crippen molar-refractivity contribution < 1.29 is 14.7 Å². The molecule has 4 nitrogen and oxygen atoms in total. The number of amides is 1. The highest BCUT2D eigenvalue weighted by molar-refractivity contribution is 7.18. The minimum Gasteiger partial charge on any atom is -0.396 e. The Kier molecular flexibility index (Phi) is 6.48. The lowest BCUT2D eigenvalue weighted by molar-refractivity contribution is -0.122. The number of halogens is 1. The van der Waals surface area contributed by atoms with Crippen LogP contribution in [-0.2, 0) is 4.79 Å². The molecular formula is C13H18ClNO3S. The number of hydrogen-bond acceptors (Lipinski definition) is 4. The molecule has 1 amide bonds. The van der Waals surface area contributed by atoms with E-state index in [1.807, 2.05) is 13.8 Å². The molecule has 1 aromatic heterocycles. The number of carbonyl (C=O) groups is 2. The smallest absolute Gasteiger partial charge is 0.220 e. The zero-order chi connectivity index (χ0) is 14.4. The Morgan fingerprint density at radius 1 is 1.37 bits per heavy atom. The molecule has 0 saturated heterocycles. The Labute approximate surface area is 121 Å². The van der Waals surface area contributed by atoms with Crippen LogP contribution in [0.5, 0.6) is 0 Å². The normalized spacial score (nSPS) is 13.9. The molecule has 106 valence electrons. The Hall–Kier alpha value is -0.910.